The quantitative estimate of drug-likeness (QED) is 0.915. The Kier molecular flexibility index (Phi) is 3.77. The SMILES string of the molecule is CC(C)c1nc(Cc2ccccc2)sc1C(=O)O. The molecule has 0 saturated carbocycles. The molecule has 4 heteroatoms. The third kappa shape index (κ3) is 2.76. The molecule has 0 aliphatic heterocycles. The molecule has 0 fully saturated rings. The van der Waals surface area contributed by atoms with Gasteiger partial charge in [-0.05, 0) is 11.5 Å². The van der Waals surface area contributed by atoms with Crippen LogP contribution in [0.5, 0.6) is 0 Å². The summed E-state index contributed by atoms with van der Waals surface area (Å²) in [6, 6.07) is 9.97. The summed E-state index contributed by atoms with van der Waals surface area (Å²) >= 11 is 1.28. The molecule has 0 radical (unpaired) electrons. The summed E-state index contributed by atoms with van der Waals surface area (Å²) in [6.07, 6.45) is 0.693. The lowest BCUT2D eigenvalue weighted by Gasteiger charge is -2.00. The van der Waals surface area contributed by atoms with Gasteiger partial charge in [0.05, 0.1) is 10.7 Å². The highest BCUT2D eigenvalue weighted by Crippen LogP contribution is 2.26. The predicted octanol–water partition coefficient (Wildman–Crippen LogP) is 3.56. The van der Waals surface area contributed by atoms with Crippen molar-refractivity contribution in [3.63, 3.8) is 0 Å². The lowest BCUT2D eigenvalue weighted by atomic mass is 10.1. The zero-order chi connectivity index (χ0) is 13.1. The van der Waals surface area contributed by atoms with Gasteiger partial charge in [-0.15, -0.1) is 11.3 Å². The number of nitrogens with zero attached hydrogens (tertiary/aromatic N) is 1. The van der Waals surface area contributed by atoms with Crippen LogP contribution in [0.3, 0.4) is 0 Å². The Morgan fingerprint density at radius 3 is 2.50 bits per heavy atom. The zero-order valence-corrected chi connectivity index (χ0v) is 11.2. The zero-order valence-electron chi connectivity index (χ0n) is 10.4. The van der Waals surface area contributed by atoms with E-state index in [9.17, 15) is 4.79 Å². The van der Waals surface area contributed by atoms with E-state index in [2.05, 4.69) is 4.98 Å². The monoisotopic (exact) mass is 261 g/mol. The van der Waals surface area contributed by atoms with Crippen LogP contribution in [0, 0.1) is 0 Å². The number of hydrogen-bond acceptors (Lipinski definition) is 3. The standard InChI is InChI=1S/C14H15NO2S/c1-9(2)12-13(14(16)17)18-11(15-12)8-10-6-4-3-5-7-10/h3-7,9H,8H2,1-2H3,(H,16,17). The molecule has 0 spiro atoms. The lowest BCUT2D eigenvalue weighted by Crippen LogP contribution is -2.00. The summed E-state index contributed by atoms with van der Waals surface area (Å²) in [7, 11) is 0. The second-order valence-electron chi connectivity index (χ2n) is 4.44. The predicted molar refractivity (Wildman–Crippen MR) is 72.4 cm³/mol. The molecule has 2 aromatic rings. The van der Waals surface area contributed by atoms with E-state index in [-0.39, 0.29) is 5.92 Å². The van der Waals surface area contributed by atoms with Crippen molar-refractivity contribution in [1.82, 2.24) is 4.98 Å². The minimum absolute atomic E-state index is 0.136. The van der Waals surface area contributed by atoms with Crippen molar-refractivity contribution >= 4 is 17.3 Å². The molecule has 2 rings (SSSR count). The van der Waals surface area contributed by atoms with E-state index >= 15 is 0 Å². The van der Waals surface area contributed by atoms with E-state index in [1.54, 1.807) is 0 Å². The fourth-order valence-electron chi connectivity index (χ4n) is 1.77. The summed E-state index contributed by atoms with van der Waals surface area (Å²) in [5.41, 5.74) is 1.84. The van der Waals surface area contributed by atoms with E-state index in [1.165, 1.54) is 11.3 Å². The van der Waals surface area contributed by atoms with Crippen LogP contribution in [0.1, 0.15) is 45.7 Å². The summed E-state index contributed by atoms with van der Waals surface area (Å²) in [4.78, 5) is 16.0. The molecule has 0 aliphatic carbocycles. The average molecular weight is 261 g/mol. The average Bonchev–Trinajstić information content (AvgIpc) is 2.74. The van der Waals surface area contributed by atoms with Crippen LogP contribution in [-0.4, -0.2) is 16.1 Å². The van der Waals surface area contributed by atoms with E-state index in [0.29, 0.717) is 17.0 Å². The third-order valence-electron chi connectivity index (χ3n) is 2.64. The molecule has 18 heavy (non-hydrogen) atoms. The van der Waals surface area contributed by atoms with Gasteiger partial charge in [-0.3, -0.25) is 0 Å². The maximum absolute atomic E-state index is 11.2. The topological polar surface area (TPSA) is 50.2 Å². The van der Waals surface area contributed by atoms with Crippen molar-refractivity contribution in [3.8, 4) is 0 Å². The Morgan fingerprint density at radius 1 is 1.33 bits per heavy atom. The van der Waals surface area contributed by atoms with Gasteiger partial charge in [0.1, 0.15) is 4.88 Å². The van der Waals surface area contributed by atoms with Gasteiger partial charge in [-0.2, -0.15) is 0 Å². The number of benzene rings is 1. The van der Waals surface area contributed by atoms with Crippen molar-refractivity contribution in [3.05, 3.63) is 51.5 Å². The van der Waals surface area contributed by atoms with Crippen LogP contribution >= 0.6 is 11.3 Å². The van der Waals surface area contributed by atoms with Crippen LogP contribution in [0.25, 0.3) is 0 Å². The van der Waals surface area contributed by atoms with Gasteiger partial charge in [0.25, 0.3) is 0 Å². The second kappa shape index (κ2) is 5.31. The number of rotatable bonds is 4. The molecule has 1 aromatic carbocycles. The van der Waals surface area contributed by atoms with Gasteiger partial charge < -0.3 is 5.11 Å². The minimum atomic E-state index is -0.879. The van der Waals surface area contributed by atoms with Crippen molar-refractivity contribution in [2.45, 2.75) is 26.2 Å². The maximum Gasteiger partial charge on any atom is 0.347 e. The van der Waals surface area contributed by atoms with Gasteiger partial charge in [0.2, 0.25) is 0 Å². The molecule has 0 bridgehead atoms. The minimum Gasteiger partial charge on any atom is -0.477 e. The molecule has 1 heterocycles. The normalized spacial score (nSPS) is 10.8. The molecule has 94 valence electrons. The van der Waals surface area contributed by atoms with Crippen molar-refractivity contribution in [2.24, 2.45) is 0 Å². The third-order valence-corrected chi connectivity index (χ3v) is 3.70. The number of hydrogen-bond donors (Lipinski definition) is 1. The maximum atomic E-state index is 11.2. The Labute approximate surface area is 110 Å². The Bertz CT molecular complexity index is 546. The van der Waals surface area contributed by atoms with Crippen LogP contribution in [-0.2, 0) is 6.42 Å². The van der Waals surface area contributed by atoms with Crippen molar-refractivity contribution in [2.75, 3.05) is 0 Å². The Balaban J connectivity index is 2.30. The molecule has 0 saturated heterocycles. The first-order valence-corrected chi connectivity index (χ1v) is 6.66. The van der Waals surface area contributed by atoms with Gasteiger partial charge in [0, 0.05) is 6.42 Å². The molecule has 1 aromatic heterocycles. The van der Waals surface area contributed by atoms with Gasteiger partial charge >= 0.3 is 5.97 Å². The Hall–Kier alpha value is -1.68. The number of aromatic nitrogens is 1. The molecule has 0 aliphatic rings. The molecule has 3 nitrogen and oxygen atoms in total. The van der Waals surface area contributed by atoms with Crippen molar-refractivity contribution in [1.29, 1.82) is 0 Å². The summed E-state index contributed by atoms with van der Waals surface area (Å²) in [5.74, 6) is -0.743. The highest BCUT2D eigenvalue weighted by atomic mass is 32.1. The van der Waals surface area contributed by atoms with Crippen molar-refractivity contribution < 1.29 is 9.90 Å². The lowest BCUT2D eigenvalue weighted by molar-refractivity contribution is 0.0700. The number of thiazole rings is 1. The van der Waals surface area contributed by atoms with E-state index in [1.807, 2.05) is 44.2 Å². The number of carboxylic acid groups (broad SMARTS) is 1. The summed E-state index contributed by atoms with van der Waals surface area (Å²) in [6.45, 7) is 3.93. The first-order chi connectivity index (χ1) is 8.58. The van der Waals surface area contributed by atoms with Gasteiger partial charge in [-0.1, -0.05) is 44.2 Å². The fourth-order valence-corrected chi connectivity index (χ4v) is 2.86. The summed E-state index contributed by atoms with van der Waals surface area (Å²) in [5, 5.41) is 10.0. The smallest absolute Gasteiger partial charge is 0.347 e. The van der Waals surface area contributed by atoms with Crippen LogP contribution < -0.4 is 0 Å². The number of carbonyl (C=O) groups is 1. The van der Waals surface area contributed by atoms with Gasteiger partial charge in [-0.25, -0.2) is 9.78 Å². The van der Waals surface area contributed by atoms with Crippen LogP contribution in [0.4, 0.5) is 0 Å². The number of aromatic carboxylic acids is 1. The molecule has 1 N–H and O–H groups in total. The largest absolute Gasteiger partial charge is 0.477 e. The molecular weight excluding hydrogens is 246 g/mol. The van der Waals surface area contributed by atoms with Gasteiger partial charge in [0.15, 0.2) is 0 Å². The Morgan fingerprint density at radius 2 is 2.00 bits per heavy atom. The van der Waals surface area contributed by atoms with Crippen LogP contribution in [0.2, 0.25) is 0 Å². The molecule has 0 amide bonds. The van der Waals surface area contributed by atoms with Crippen LogP contribution in [0.15, 0.2) is 30.3 Å². The fraction of sp³-hybridized carbons (Fsp3) is 0.286. The summed E-state index contributed by atoms with van der Waals surface area (Å²) < 4.78 is 0. The number of carboxylic acids is 1. The second-order valence-corrected chi connectivity index (χ2v) is 5.53. The first kappa shape index (κ1) is 12.8. The highest BCUT2D eigenvalue weighted by Gasteiger charge is 2.19. The molecule has 0 atom stereocenters. The van der Waals surface area contributed by atoms with E-state index in [4.69, 9.17) is 5.11 Å². The highest BCUT2D eigenvalue weighted by molar-refractivity contribution is 7.13. The molecule has 0 unspecified atom stereocenters. The molecular formula is C14H15NO2S. The van der Waals surface area contributed by atoms with E-state index in [0.717, 1.165) is 10.6 Å². The van der Waals surface area contributed by atoms with E-state index < -0.39 is 5.97 Å². The first-order valence-electron chi connectivity index (χ1n) is 5.84.